The minimum absolute atomic E-state index is 0.0475. The third kappa shape index (κ3) is 1.63. The van der Waals surface area contributed by atoms with Crippen LogP contribution in [0.3, 0.4) is 0 Å². The van der Waals surface area contributed by atoms with E-state index in [1.165, 1.54) is 0 Å². The molecule has 0 amide bonds. The summed E-state index contributed by atoms with van der Waals surface area (Å²) in [5.74, 6) is 0.147. The van der Waals surface area contributed by atoms with E-state index < -0.39 is 0 Å². The maximum Gasteiger partial charge on any atom is 0.139 e. The fraction of sp³-hybridized carbons (Fsp3) is 0.417. The van der Waals surface area contributed by atoms with Gasteiger partial charge in [-0.05, 0) is 26.0 Å². The minimum Gasteiger partial charge on any atom is -0.370 e. The van der Waals surface area contributed by atoms with Gasteiger partial charge >= 0.3 is 0 Å². The molecule has 0 bridgehead atoms. The molecule has 0 N–H and O–H groups in total. The highest BCUT2D eigenvalue weighted by Gasteiger charge is 2.32. The second-order valence-corrected chi connectivity index (χ2v) is 4.28. The largest absolute Gasteiger partial charge is 0.370 e. The van der Waals surface area contributed by atoms with Crippen LogP contribution in [-0.4, -0.2) is 18.9 Å². The van der Waals surface area contributed by atoms with Gasteiger partial charge < -0.3 is 4.90 Å². The second kappa shape index (κ2) is 3.86. The number of rotatable bonds is 2. The molecule has 2 nitrogen and oxygen atoms in total. The molecule has 1 unspecified atom stereocenters. The second-order valence-electron chi connectivity index (χ2n) is 3.87. The number of fused-ring (bicyclic) bond motifs is 1. The van der Waals surface area contributed by atoms with Gasteiger partial charge in [0.05, 0.1) is 5.92 Å². The van der Waals surface area contributed by atoms with Crippen molar-refractivity contribution in [1.82, 2.24) is 0 Å². The van der Waals surface area contributed by atoms with Gasteiger partial charge in [-0.1, -0.05) is 17.7 Å². The molecule has 1 aromatic carbocycles. The lowest BCUT2D eigenvalue weighted by atomic mass is 9.98. The monoisotopic (exact) mass is 223 g/mol. The number of hydrogen-bond acceptors (Lipinski definition) is 2. The van der Waals surface area contributed by atoms with Crippen molar-refractivity contribution in [2.24, 2.45) is 0 Å². The summed E-state index contributed by atoms with van der Waals surface area (Å²) in [5.41, 5.74) is 2.12. The summed E-state index contributed by atoms with van der Waals surface area (Å²) in [5, 5.41) is 0.712. The van der Waals surface area contributed by atoms with Crippen LogP contribution in [0.4, 0.5) is 5.69 Å². The lowest BCUT2D eigenvalue weighted by molar-refractivity contribution is -0.118. The summed E-state index contributed by atoms with van der Waals surface area (Å²) in [4.78, 5) is 13.7. The van der Waals surface area contributed by atoms with E-state index >= 15 is 0 Å². The summed E-state index contributed by atoms with van der Waals surface area (Å²) in [6.45, 7) is 5.41. The summed E-state index contributed by atoms with van der Waals surface area (Å²) in [7, 11) is 0. The number of carbonyl (C=O) groups excluding carboxylic acids is 1. The zero-order valence-corrected chi connectivity index (χ0v) is 9.71. The van der Waals surface area contributed by atoms with E-state index in [0.29, 0.717) is 5.02 Å². The Bertz CT molecular complexity index is 403. The first kappa shape index (κ1) is 10.5. The van der Waals surface area contributed by atoms with Crippen molar-refractivity contribution in [2.45, 2.75) is 19.8 Å². The van der Waals surface area contributed by atoms with Gasteiger partial charge in [-0.2, -0.15) is 0 Å². The number of hydrogen-bond donors (Lipinski definition) is 0. The van der Waals surface area contributed by atoms with Crippen LogP contribution in [0.15, 0.2) is 18.2 Å². The Labute approximate surface area is 94.8 Å². The van der Waals surface area contributed by atoms with Gasteiger partial charge in [-0.15, -0.1) is 0 Å². The maximum atomic E-state index is 11.5. The molecule has 1 aliphatic heterocycles. The quantitative estimate of drug-likeness (QED) is 0.769. The number of nitrogens with zero attached hydrogens (tertiary/aromatic N) is 1. The summed E-state index contributed by atoms with van der Waals surface area (Å²) >= 11 is 6.15. The topological polar surface area (TPSA) is 20.3 Å². The van der Waals surface area contributed by atoms with Gasteiger partial charge in [-0.3, -0.25) is 4.79 Å². The van der Waals surface area contributed by atoms with E-state index in [0.717, 1.165) is 24.3 Å². The van der Waals surface area contributed by atoms with Gasteiger partial charge in [0.25, 0.3) is 0 Å². The highest BCUT2D eigenvalue weighted by molar-refractivity contribution is 6.32. The average molecular weight is 224 g/mol. The van der Waals surface area contributed by atoms with Crippen molar-refractivity contribution in [1.29, 1.82) is 0 Å². The van der Waals surface area contributed by atoms with Crippen LogP contribution in [0.2, 0.25) is 5.02 Å². The Morgan fingerprint density at radius 3 is 2.93 bits per heavy atom. The maximum absolute atomic E-state index is 11.5. The summed E-state index contributed by atoms with van der Waals surface area (Å²) in [6.07, 6.45) is 0. The lowest BCUT2D eigenvalue weighted by Gasteiger charge is -2.16. The number of likely N-dealkylation sites (N-methyl/N-ethyl adjacent to an activating group) is 1. The first-order chi connectivity index (χ1) is 7.15. The number of Topliss-reactive ketones (excluding diaryl/α,β-unsaturated/α-hetero) is 1. The minimum atomic E-state index is -0.0475. The molecule has 1 atom stereocenters. The molecule has 80 valence electrons. The molecule has 1 heterocycles. The molecule has 15 heavy (non-hydrogen) atoms. The first-order valence-corrected chi connectivity index (χ1v) is 5.56. The molecule has 1 aliphatic rings. The summed E-state index contributed by atoms with van der Waals surface area (Å²) < 4.78 is 0. The Hall–Kier alpha value is -1.02. The Balaban J connectivity index is 2.52. The zero-order valence-electron chi connectivity index (χ0n) is 8.96. The van der Waals surface area contributed by atoms with E-state index in [4.69, 9.17) is 11.6 Å². The SMILES string of the molecule is CCN1CC(C(C)=O)c2c(Cl)cccc21. The van der Waals surface area contributed by atoms with Gasteiger partial charge in [0.15, 0.2) is 0 Å². The average Bonchev–Trinajstić information content (AvgIpc) is 2.58. The van der Waals surface area contributed by atoms with Crippen molar-refractivity contribution in [2.75, 3.05) is 18.0 Å². The van der Waals surface area contributed by atoms with Crippen molar-refractivity contribution in [3.05, 3.63) is 28.8 Å². The van der Waals surface area contributed by atoms with Gasteiger partial charge in [-0.25, -0.2) is 0 Å². The van der Waals surface area contributed by atoms with Crippen molar-refractivity contribution in [3.63, 3.8) is 0 Å². The van der Waals surface area contributed by atoms with Gasteiger partial charge in [0, 0.05) is 29.4 Å². The van der Waals surface area contributed by atoms with Crippen LogP contribution in [0.25, 0.3) is 0 Å². The van der Waals surface area contributed by atoms with Crippen molar-refractivity contribution >= 4 is 23.1 Å². The Morgan fingerprint density at radius 1 is 1.60 bits per heavy atom. The molecule has 0 saturated carbocycles. The third-order valence-electron chi connectivity index (χ3n) is 2.99. The third-order valence-corrected chi connectivity index (χ3v) is 3.32. The summed E-state index contributed by atoms with van der Waals surface area (Å²) in [6, 6.07) is 5.83. The van der Waals surface area contributed by atoms with E-state index in [-0.39, 0.29) is 11.7 Å². The molecule has 0 fully saturated rings. The zero-order chi connectivity index (χ0) is 11.0. The molecule has 0 aliphatic carbocycles. The fourth-order valence-corrected chi connectivity index (χ4v) is 2.49. The molecule has 0 radical (unpaired) electrons. The van der Waals surface area contributed by atoms with Gasteiger partial charge in [0.1, 0.15) is 5.78 Å². The van der Waals surface area contributed by atoms with Crippen LogP contribution < -0.4 is 4.90 Å². The molecule has 3 heteroatoms. The molecule has 0 aromatic heterocycles. The van der Waals surface area contributed by atoms with Crippen LogP contribution in [-0.2, 0) is 4.79 Å². The standard InChI is InChI=1S/C12H14ClNO/c1-3-14-7-9(8(2)15)12-10(13)5-4-6-11(12)14/h4-6,9H,3,7H2,1-2H3. The highest BCUT2D eigenvalue weighted by Crippen LogP contribution is 2.40. The Kier molecular flexibility index (Phi) is 2.70. The molecule has 0 spiro atoms. The van der Waals surface area contributed by atoms with E-state index in [1.54, 1.807) is 6.92 Å². The predicted molar refractivity (Wildman–Crippen MR) is 62.8 cm³/mol. The van der Waals surface area contributed by atoms with Gasteiger partial charge in [0.2, 0.25) is 0 Å². The normalized spacial score (nSPS) is 19.1. The number of carbonyl (C=O) groups is 1. The number of anilines is 1. The van der Waals surface area contributed by atoms with Crippen LogP contribution in [0.1, 0.15) is 25.3 Å². The highest BCUT2D eigenvalue weighted by atomic mass is 35.5. The van der Waals surface area contributed by atoms with E-state index in [2.05, 4.69) is 11.8 Å². The smallest absolute Gasteiger partial charge is 0.139 e. The molecular weight excluding hydrogens is 210 g/mol. The van der Waals surface area contributed by atoms with Crippen molar-refractivity contribution in [3.8, 4) is 0 Å². The molecule has 1 aromatic rings. The van der Waals surface area contributed by atoms with Crippen LogP contribution in [0, 0.1) is 0 Å². The molecular formula is C12H14ClNO. The number of ketones is 1. The fourth-order valence-electron chi connectivity index (χ4n) is 2.19. The van der Waals surface area contributed by atoms with Crippen LogP contribution >= 0.6 is 11.6 Å². The molecule has 0 saturated heterocycles. The van der Waals surface area contributed by atoms with E-state index in [1.807, 2.05) is 18.2 Å². The lowest BCUT2D eigenvalue weighted by Crippen LogP contribution is -2.23. The van der Waals surface area contributed by atoms with E-state index in [9.17, 15) is 4.79 Å². The molecule has 2 rings (SSSR count). The predicted octanol–water partition coefficient (Wildman–Crippen LogP) is 2.85. The van der Waals surface area contributed by atoms with Crippen LogP contribution in [0.5, 0.6) is 0 Å². The van der Waals surface area contributed by atoms with Crippen molar-refractivity contribution < 1.29 is 4.79 Å². The first-order valence-electron chi connectivity index (χ1n) is 5.19. The number of halogens is 1. The Morgan fingerprint density at radius 2 is 2.33 bits per heavy atom. The number of benzene rings is 1.